The summed E-state index contributed by atoms with van der Waals surface area (Å²) in [6, 6.07) is 19.2. The summed E-state index contributed by atoms with van der Waals surface area (Å²) >= 11 is 1.84. The van der Waals surface area contributed by atoms with Crippen LogP contribution in [0, 0.1) is 0 Å². The van der Waals surface area contributed by atoms with Gasteiger partial charge in [-0.05, 0) is 77.0 Å². The molecular formula is C27H26N2O2S. The summed E-state index contributed by atoms with van der Waals surface area (Å²) in [5, 5.41) is 3.52. The number of aromatic nitrogens is 1. The molecule has 0 aliphatic carbocycles. The Bertz CT molecular complexity index is 1310. The fraction of sp³-hybridized carbons (Fsp3) is 0.296. The van der Waals surface area contributed by atoms with Crippen LogP contribution in [0.1, 0.15) is 34.7 Å². The van der Waals surface area contributed by atoms with Gasteiger partial charge < -0.3 is 14.6 Å². The van der Waals surface area contributed by atoms with Crippen molar-refractivity contribution >= 4 is 39.2 Å². The van der Waals surface area contributed by atoms with Crippen LogP contribution < -0.4 is 4.74 Å². The van der Waals surface area contributed by atoms with Gasteiger partial charge in [0.25, 0.3) is 0 Å². The predicted octanol–water partition coefficient (Wildman–Crippen LogP) is 5.87. The van der Waals surface area contributed by atoms with Crippen molar-refractivity contribution in [1.29, 1.82) is 0 Å². The van der Waals surface area contributed by atoms with Crippen molar-refractivity contribution in [3.8, 4) is 5.75 Å². The number of hydrogen-bond donors (Lipinski definition) is 1. The number of carbonyl (C=O) groups is 1. The lowest BCUT2D eigenvalue weighted by Crippen LogP contribution is -2.23. The van der Waals surface area contributed by atoms with E-state index >= 15 is 0 Å². The quantitative estimate of drug-likeness (QED) is 0.393. The van der Waals surface area contributed by atoms with Crippen LogP contribution in [0.2, 0.25) is 0 Å². The van der Waals surface area contributed by atoms with E-state index < -0.39 is 0 Å². The van der Waals surface area contributed by atoms with E-state index in [0.717, 1.165) is 55.1 Å². The van der Waals surface area contributed by atoms with Crippen molar-refractivity contribution in [2.75, 3.05) is 32.0 Å². The summed E-state index contributed by atoms with van der Waals surface area (Å²) in [7, 11) is 0. The SMILES string of the molecule is O=C(CCN1CCC(c2ccc3[nH]ccc3c2)C1)c1ccc2cc3c(cc2c1)OCCS3. The molecule has 2 aliphatic heterocycles. The zero-order valence-corrected chi connectivity index (χ0v) is 18.8. The first kappa shape index (κ1) is 19.9. The molecule has 2 aliphatic rings. The second kappa shape index (κ2) is 8.30. The number of H-pyrrole nitrogens is 1. The third kappa shape index (κ3) is 3.80. The Balaban J connectivity index is 1.10. The van der Waals surface area contributed by atoms with E-state index in [9.17, 15) is 4.79 Å². The lowest BCUT2D eigenvalue weighted by atomic mass is 9.97. The molecule has 3 aromatic carbocycles. The summed E-state index contributed by atoms with van der Waals surface area (Å²) in [4.78, 5) is 19.8. The van der Waals surface area contributed by atoms with Crippen molar-refractivity contribution in [2.45, 2.75) is 23.7 Å². The molecular weight excluding hydrogens is 416 g/mol. The van der Waals surface area contributed by atoms with Crippen molar-refractivity contribution < 1.29 is 9.53 Å². The van der Waals surface area contributed by atoms with Gasteiger partial charge in [0.15, 0.2) is 5.78 Å². The van der Waals surface area contributed by atoms with Crippen molar-refractivity contribution in [3.05, 3.63) is 71.9 Å². The van der Waals surface area contributed by atoms with E-state index in [1.54, 1.807) is 0 Å². The number of fused-ring (bicyclic) bond motifs is 3. The van der Waals surface area contributed by atoms with Crippen molar-refractivity contribution in [1.82, 2.24) is 9.88 Å². The molecule has 1 fully saturated rings. The average Bonchev–Trinajstić information content (AvgIpc) is 3.50. The summed E-state index contributed by atoms with van der Waals surface area (Å²) < 4.78 is 5.80. The Labute approximate surface area is 191 Å². The molecule has 32 heavy (non-hydrogen) atoms. The Morgan fingerprint density at radius 1 is 1.06 bits per heavy atom. The lowest BCUT2D eigenvalue weighted by molar-refractivity contribution is 0.0969. The second-order valence-electron chi connectivity index (χ2n) is 8.84. The highest BCUT2D eigenvalue weighted by atomic mass is 32.2. The van der Waals surface area contributed by atoms with Gasteiger partial charge in [0, 0.05) is 42.5 Å². The molecule has 1 saturated heterocycles. The van der Waals surface area contributed by atoms with Crippen LogP contribution in [0.3, 0.4) is 0 Å². The third-order valence-corrected chi connectivity index (χ3v) is 7.80. The zero-order valence-electron chi connectivity index (χ0n) is 18.0. The number of ether oxygens (including phenoxy) is 1. The van der Waals surface area contributed by atoms with Crippen LogP contribution in [0.4, 0.5) is 0 Å². The molecule has 1 unspecified atom stereocenters. The Hall–Kier alpha value is -2.76. The minimum atomic E-state index is 0.220. The first-order valence-electron chi connectivity index (χ1n) is 11.4. The van der Waals surface area contributed by atoms with Crippen LogP contribution in [0.5, 0.6) is 5.75 Å². The molecule has 1 atom stereocenters. The average molecular weight is 443 g/mol. The first-order valence-corrected chi connectivity index (χ1v) is 12.4. The van der Waals surface area contributed by atoms with E-state index in [1.165, 1.54) is 26.7 Å². The van der Waals surface area contributed by atoms with Gasteiger partial charge in [0.2, 0.25) is 0 Å². The summed E-state index contributed by atoms with van der Waals surface area (Å²) in [6.07, 6.45) is 3.71. The van der Waals surface area contributed by atoms with E-state index in [-0.39, 0.29) is 5.78 Å². The maximum absolute atomic E-state index is 12.9. The second-order valence-corrected chi connectivity index (χ2v) is 9.98. The number of hydrogen-bond acceptors (Lipinski definition) is 4. The molecule has 4 nitrogen and oxygen atoms in total. The van der Waals surface area contributed by atoms with Crippen LogP contribution in [-0.2, 0) is 0 Å². The maximum atomic E-state index is 12.9. The molecule has 1 aromatic heterocycles. The molecule has 0 saturated carbocycles. The van der Waals surface area contributed by atoms with Gasteiger partial charge in [-0.3, -0.25) is 4.79 Å². The van der Waals surface area contributed by atoms with E-state index in [0.29, 0.717) is 12.3 Å². The first-order chi connectivity index (χ1) is 15.7. The maximum Gasteiger partial charge on any atom is 0.164 e. The smallest absolute Gasteiger partial charge is 0.164 e. The number of Topliss-reactive ketones (excluding diaryl/α,β-unsaturated/α-hetero) is 1. The molecule has 0 radical (unpaired) electrons. The highest BCUT2D eigenvalue weighted by Gasteiger charge is 2.24. The largest absolute Gasteiger partial charge is 0.492 e. The highest BCUT2D eigenvalue weighted by Crippen LogP contribution is 2.37. The van der Waals surface area contributed by atoms with E-state index in [1.807, 2.05) is 30.1 Å². The van der Waals surface area contributed by atoms with E-state index in [4.69, 9.17) is 4.74 Å². The van der Waals surface area contributed by atoms with Gasteiger partial charge >= 0.3 is 0 Å². The summed E-state index contributed by atoms with van der Waals surface area (Å²) in [5.41, 5.74) is 3.40. The van der Waals surface area contributed by atoms with Gasteiger partial charge in [-0.2, -0.15) is 0 Å². The third-order valence-electron chi connectivity index (χ3n) is 6.80. The van der Waals surface area contributed by atoms with Gasteiger partial charge in [0.1, 0.15) is 5.75 Å². The number of ketones is 1. The number of nitrogens with one attached hydrogen (secondary N) is 1. The number of rotatable bonds is 5. The van der Waals surface area contributed by atoms with Crippen LogP contribution in [-0.4, -0.2) is 47.7 Å². The van der Waals surface area contributed by atoms with Crippen LogP contribution in [0.25, 0.3) is 21.7 Å². The number of thioether (sulfide) groups is 1. The Morgan fingerprint density at radius 2 is 2.03 bits per heavy atom. The van der Waals surface area contributed by atoms with Crippen LogP contribution >= 0.6 is 11.8 Å². The zero-order chi connectivity index (χ0) is 21.5. The molecule has 162 valence electrons. The number of benzene rings is 3. The minimum absolute atomic E-state index is 0.220. The fourth-order valence-electron chi connectivity index (χ4n) is 5.00. The molecule has 5 heteroatoms. The van der Waals surface area contributed by atoms with Crippen LogP contribution in [0.15, 0.2) is 65.7 Å². The monoisotopic (exact) mass is 442 g/mol. The number of likely N-dealkylation sites (tertiary alicyclic amines) is 1. The Morgan fingerprint density at radius 3 is 3.00 bits per heavy atom. The number of aromatic amines is 1. The number of carbonyl (C=O) groups excluding carboxylic acids is 1. The summed E-state index contributed by atoms with van der Waals surface area (Å²) in [5.74, 6) is 2.71. The molecule has 4 aromatic rings. The predicted molar refractivity (Wildman–Crippen MR) is 131 cm³/mol. The van der Waals surface area contributed by atoms with Gasteiger partial charge in [-0.15, -0.1) is 11.8 Å². The van der Waals surface area contributed by atoms with Crippen molar-refractivity contribution in [2.24, 2.45) is 0 Å². The molecule has 0 spiro atoms. The molecule has 1 N–H and O–H groups in total. The minimum Gasteiger partial charge on any atom is -0.492 e. The highest BCUT2D eigenvalue weighted by molar-refractivity contribution is 7.99. The topological polar surface area (TPSA) is 45.3 Å². The standard InChI is InChI=1S/C27H26N2O2S/c30-25(21-2-1-19-16-27-26(15-23(19)14-21)31-11-12-32-27)7-10-29-9-6-22(17-29)18-3-4-24-20(13-18)5-8-28-24/h1-5,8,13-16,22,28H,6-7,9-12,17H2. The van der Waals surface area contributed by atoms with Crippen molar-refractivity contribution in [3.63, 3.8) is 0 Å². The molecule has 0 bridgehead atoms. The Kier molecular flexibility index (Phi) is 5.16. The molecule has 6 rings (SSSR count). The van der Waals surface area contributed by atoms with E-state index in [2.05, 4.69) is 52.3 Å². The molecule has 0 amide bonds. The fourth-order valence-corrected chi connectivity index (χ4v) is 5.85. The number of nitrogens with zero attached hydrogens (tertiary/aromatic N) is 1. The normalized spacial score (nSPS) is 18.7. The van der Waals surface area contributed by atoms with Gasteiger partial charge in [-0.1, -0.05) is 18.2 Å². The molecule has 3 heterocycles. The lowest BCUT2D eigenvalue weighted by Gasteiger charge is -2.18. The van der Waals surface area contributed by atoms with Gasteiger partial charge in [-0.25, -0.2) is 0 Å². The van der Waals surface area contributed by atoms with Gasteiger partial charge in [0.05, 0.1) is 11.5 Å². The summed E-state index contributed by atoms with van der Waals surface area (Å²) in [6.45, 7) is 3.66.